The fourth-order valence-electron chi connectivity index (χ4n) is 1.96. The van der Waals surface area contributed by atoms with Crippen LogP contribution in [0.5, 0.6) is 11.5 Å². The summed E-state index contributed by atoms with van der Waals surface area (Å²) in [5, 5.41) is 0. The monoisotopic (exact) mass is 305 g/mol. The highest BCUT2D eigenvalue weighted by Gasteiger charge is 2.18. The van der Waals surface area contributed by atoms with Gasteiger partial charge in [-0.05, 0) is 30.7 Å². The Morgan fingerprint density at radius 1 is 1.23 bits per heavy atom. The van der Waals surface area contributed by atoms with Crippen LogP contribution in [-0.2, 0) is 14.3 Å². The first-order valence-corrected chi connectivity index (χ1v) is 6.97. The summed E-state index contributed by atoms with van der Waals surface area (Å²) in [5.41, 5.74) is 0.785. The summed E-state index contributed by atoms with van der Waals surface area (Å²) in [7, 11) is 3.22. The van der Waals surface area contributed by atoms with Crippen LogP contribution in [0.1, 0.15) is 12.5 Å². The minimum atomic E-state index is -0.813. The van der Waals surface area contributed by atoms with Crippen LogP contribution in [0.3, 0.4) is 0 Å². The summed E-state index contributed by atoms with van der Waals surface area (Å²) < 4.78 is 15.9. The number of rotatable bonds is 4. The third-order valence-electron chi connectivity index (χ3n) is 3.06. The summed E-state index contributed by atoms with van der Waals surface area (Å²) in [6.45, 7) is 2.58. The normalized spacial score (nSPS) is 14.5. The van der Waals surface area contributed by atoms with Gasteiger partial charge in [0.15, 0.2) is 17.6 Å². The molecule has 6 heteroatoms. The Morgan fingerprint density at radius 3 is 2.59 bits per heavy atom. The van der Waals surface area contributed by atoms with Crippen molar-refractivity contribution >= 4 is 18.0 Å². The second-order valence-electron chi connectivity index (χ2n) is 5.05. The number of hydrogen-bond donors (Lipinski definition) is 0. The van der Waals surface area contributed by atoms with Crippen molar-refractivity contribution in [1.29, 1.82) is 0 Å². The number of likely N-dealkylation sites (N-methyl/N-ethyl adjacent to an activating group) is 1. The minimum Gasteiger partial charge on any atom is -0.486 e. The molecular formula is C16H19NO5. The topological polar surface area (TPSA) is 65.1 Å². The molecule has 118 valence electrons. The smallest absolute Gasteiger partial charge is 0.331 e. The van der Waals surface area contributed by atoms with E-state index in [1.54, 1.807) is 32.3 Å². The SMILES string of the molecule is C[C@@H](OC(=O)/C=C/c1ccc2c(c1)OCCO2)C(=O)N(C)C. The van der Waals surface area contributed by atoms with Crippen LogP contribution in [0.2, 0.25) is 0 Å². The molecule has 2 rings (SSSR count). The van der Waals surface area contributed by atoms with Gasteiger partial charge in [-0.25, -0.2) is 4.79 Å². The highest BCUT2D eigenvalue weighted by atomic mass is 16.6. The van der Waals surface area contributed by atoms with E-state index in [1.807, 2.05) is 6.07 Å². The van der Waals surface area contributed by atoms with Gasteiger partial charge in [-0.15, -0.1) is 0 Å². The number of ether oxygens (including phenoxy) is 3. The number of esters is 1. The van der Waals surface area contributed by atoms with E-state index in [0.717, 1.165) is 5.56 Å². The fraction of sp³-hybridized carbons (Fsp3) is 0.375. The number of carbonyl (C=O) groups excluding carboxylic acids is 2. The summed E-state index contributed by atoms with van der Waals surface area (Å²) >= 11 is 0. The van der Waals surface area contributed by atoms with E-state index >= 15 is 0 Å². The molecule has 0 spiro atoms. The molecule has 0 aromatic heterocycles. The van der Waals surface area contributed by atoms with Gasteiger partial charge < -0.3 is 19.1 Å². The molecule has 1 aromatic carbocycles. The predicted molar refractivity (Wildman–Crippen MR) is 80.7 cm³/mol. The zero-order valence-corrected chi connectivity index (χ0v) is 12.9. The zero-order chi connectivity index (χ0) is 16.1. The van der Waals surface area contributed by atoms with Crippen LogP contribution in [0.4, 0.5) is 0 Å². The summed E-state index contributed by atoms with van der Waals surface area (Å²) in [4.78, 5) is 24.7. The van der Waals surface area contributed by atoms with Crippen molar-refractivity contribution < 1.29 is 23.8 Å². The Labute approximate surface area is 129 Å². The Balaban J connectivity index is 1.96. The van der Waals surface area contributed by atoms with Gasteiger partial charge in [-0.3, -0.25) is 4.79 Å². The Bertz CT molecular complexity index is 594. The molecule has 1 atom stereocenters. The van der Waals surface area contributed by atoms with E-state index in [2.05, 4.69) is 0 Å². The molecule has 1 amide bonds. The van der Waals surface area contributed by atoms with Gasteiger partial charge in [0.1, 0.15) is 13.2 Å². The molecule has 0 radical (unpaired) electrons. The molecule has 1 aromatic rings. The van der Waals surface area contributed by atoms with E-state index in [0.29, 0.717) is 24.7 Å². The first kappa shape index (κ1) is 15.9. The van der Waals surface area contributed by atoms with Crippen LogP contribution in [0.15, 0.2) is 24.3 Å². The van der Waals surface area contributed by atoms with Gasteiger partial charge in [-0.2, -0.15) is 0 Å². The Hall–Kier alpha value is -2.50. The standard InChI is InChI=1S/C16H19NO5/c1-11(16(19)17(2)3)22-15(18)7-5-12-4-6-13-14(10-12)21-9-8-20-13/h4-7,10-11H,8-9H2,1-3H3/b7-5+/t11-/m1/s1. The van der Waals surface area contributed by atoms with Crippen LogP contribution in [-0.4, -0.2) is 50.2 Å². The lowest BCUT2D eigenvalue weighted by atomic mass is 10.2. The van der Waals surface area contributed by atoms with Crippen LogP contribution >= 0.6 is 0 Å². The lowest BCUT2D eigenvalue weighted by molar-refractivity contribution is -0.153. The molecule has 0 aliphatic carbocycles. The van der Waals surface area contributed by atoms with Crippen molar-refractivity contribution in [2.45, 2.75) is 13.0 Å². The molecule has 0 fully saturated rings. The van der Waals surface area contributed by atoms with E-state index in [1.165, 1.54) is 17.9 Å². The van der Waals surface area contributed by atoms with Crippen molar-refractivity contribution in [3.05, 3.63) is 29.8 Å². The van der Waals surface area contributed by atoms with Gasteiger partial charge in [0.05, 0.1) is 0 Å². The number of fused-ring (bicyclic) bond motifs is 1. The third-order valence-corrected chi connectivity index (χ3v) is 3.06. The highest BCUT2D eigenvalue weighted by molar-refractivity contribution is 5.90. The van der Waals surface area contributed by atoms with Crippen LogP contribution in [0, 0.1) is 0 Å². The van der Waals surface area contributed by atoms with Crippen molar-refractivity contribution in [3.8, 4) is 11.5 Å². The average molecular weight is 305 g/mol. The highest BCUT2D eigenvalue weighted by Crippen LogP contribution is 2.31. The molecule has 1 aliphatic heterocycles. The first-order valence-electron chi connectivity index (χ1n) is 6.97. The first-order chi connectivity index (χ1) is 10.5. The second-order valence-corrected chi connectivity index (χ2v) is 5.05. The van der Waals surface area contributed by atoms with Crippen molar-refractivity contribution in [2.75, 3.05) is 27.3 Å². The molecule has 22 heavy (non-hydrogen) atoms. The summed E-state index contributed by atoms with van der Waals surface area (Å²) in [6.07, 6.45) is 2.07. The lowest BCUT2D eigenvalue weighted by Crippen LogP contribution is -2.34. The number of amides is 1. The van der Waals surface area contributed by atoms with E-state index in [4.69, 9.17) is 14.2 Å². The van der Waals surface area contributed by atoms with Gasteiger partial charge in [-0.1, -0.05) is 6.07 Å². The summed E-state index contributed by atoms with van der Waals surface area (Å²) in [5.74, 6) is 0.507. The van der Waals surface area contributed by atoms with Crippen LogP contribution < -0.4 is 9.47 Å². The van der Waals surface area contributed by atoms with Gasteiger partial charge in [0.25, 0.3) is 5.91 Å². The number of carbonyl (C=O) groups is 2. The van der Waals surface area contributed by atoms with Crippen molar-refractivity contribution in [2.24, 2.45) is 0 Å². The number of nitrogens with zero attached hydrogens (tertiary/aromatic N) is 1. The molecule has 0 unspecified atom stereocenters. The molecule has 6 nitrogen and oxygen atoms in total. The fourth-order valence-corrected chi connectivity index (χ4v) is 1.96. The zero-order valence-electron chi connectivity index (χ0n) is 12.9. The summed E-state index contributed by atoms with van der Waals surface area (Å²) in [6, 6.07) is 5.38. The molecule has 0 N–H and O–H groups in total. The van der Waals surface area contributed by atoms with Gasteiger partial charge >= 0.3 is 5.97 Å². The Morgan fingerprint density at radius 2 is 1.91 bits per heavy atom. The minimum absolute atomic E-state index is 0.263. The molecule has 0 saturated heterocycles. The predicted octanol–water partition coefficient (Wildman–Crippen LogP) is 1.49. The number of hydrogen-bond acceptors (Lipinski definition) is 5. The molecular weight excluding hydrogens is 286 g/mol. The van der Waals surface area contributed by atoms with E-state index in [9.17, 15) is 9.59 Å². The average Bonchev–Trinajstić information content (AvgIpc) is 2.51. The maximum atomic E-state index is 11.7. The Kier molecular flexibility index (Phi) is 5.04. The third kappa shape index (κ3) is 4.00. The molecule has 0 bridgehead atoms. The van der Waals surface area contributed by atoms with E-state index < -0.39 is 12.1 Å². The van der Waals surface area contributed by atoms with Crippen molar-refractivity contribution in [3.63, 3.8) is 0 Å². The number of benzene rings is 1. The van der Waals surface area contributed by atoms with Gasteiger partial charge in [0.2, 0.25) is 0 Å². The van der Waals surface area contributed by atoms with Gasteiger partial charge in [0, 0.05) is 20.2 Å². The molecule has 0 saturated carbocycles. The maximum Gasteiger partial charge on any atom is 0.331 e. The van der Waals surface area contributed by atoms with Crippen LogP contribution in [0.25, 0.3) is 6.08 Å². The quantitative estimate of drug-likeness (QED) is 0.623. The molecule has 1 aliphatic rings. The van der Waals surface area contributed by atoms with E-state index in [-0.39, 0.29) is 5.91 Å². The second kappa shape index (κ2) is 6.98. The van der Waals surface area contributed by atoms with Crippen molar-refractivity contribution in [1.82, 2.24) is 4.90 Å². The largest absolute Gasteiger partial charge is 0.486 e. The maximum absolute atomic E-state index is 11.7. The lowest BCUT2D eigenvalue weighted by Gasteiger charge is -2.18. The molecule has 1 heterocycles.